The number of allylic oxidation sites excluding steroid dienone is 2. The Morgan fingerprint density at radius 3 is 2.03 bits per heavy atom. The Balaban J connectivity index is 1.54. The third-order valence-electron chi connectivity index (χ3n) is 9.42. The molecule has 0 fully saturated rings. The Bertz CT molecular complexity index is 2060. The first kappa shape index (κ1) is 45.8. The molecule has 3 aromatic rings. The summed E-state index contributed by atoms with van der Waals surface area (Å²) in [5.41, 5.74) is -0.0888. The molecule has 11 nitrogen and oxygen atoms in total. The molecule has 316 valence electrons. The first-order valence-corrected chi connectivity index (χ1v) is 18.6. The highest BCUT2D eigenvalue weighted by Crippen LogP contribution is 2.43. The first-order chi connectivity index (χ1) is 27.8. The predicted molar refractivity (Wildman–Crippen MR) is 210 cm³/mol. The number of hydrogen-bond donors (Lipinski definition) is 2. The highest BCUT2D eigenvalue weighted by molar-refractivity contribution is 5.99. The number of nitrogens with zero attached hydrogens (tertiary/aromatic N) is 5. The molecule has 0 radical (unpaired) electrons. The van der Waals surface area contributed by atoms with Crippen molar-refractivity contribution in [1.82, 2.24) is 25.3 Å². The van der Waals surface area contributed by atoms with Crippen LogP contribution in [-0.4, -0.2) is 99.6 Å². The second kappa shape index (κ2) is 20.2. The summed E-state index contributed by atoms with van der Waals surface area (Å²) in [5, 5.41) is 14.9. The van der Waals surface area contributed by atoms with Crippen molar-refractivity contribution in [2.24, 2.45) is 0 Å². The molecule has 0 aliphatic carbocycles. The number of benzene rings is 3. The highest BCUT2D eigenvalue weighted by Gasteiger charge is 2.43. The third kappa shape index (κ3) is 12.6. The van der Waals surface area contributed by atoms with E-state index in [-0.39, 0.29) is 43.1 Å². The van der Waals surface area contributed by atoms with Crippen molar-refractivity contribution in [3.63, 3.8) is 0 Å². The van der Waals surface area contributed by atoms with Gasteiger partial charge in [0.15, 0.2) is 0 Å². The minimum absolute atomic E-state index is 0.0733. The van der Waals surface area contributed by atoms with Crippen LogP contribution >= 0.6 is 0 Å². The SMILES string of the molecule is CC=C(OCCN(C)C)C1=C(C)N(c2cccc(C(F)(F)F)c2)C(=O)N(CC(=O)NCCN(C)CCNC(=O)Cc2cccc(C(F)(F)F)c2)[C@@H]1c1ccc(C#N)cc1. The van der Waals surface area contributed by atoms with Crippen LogP contribution in [0.1, 0.15) is 47.7 Å². The lowest BCUT2D eigenvalue weighted by atomic mass is 9.90. The number of rotatable bonds is 17. The fourth-order valence-corrected chi connectivity index (χ4v) is 6.40. The lowest BCUT2D eigenvalue weighted by Gasteiger charge is -2.44. The van der Waals surface area contributed by atoms with Crippen LogP contribution in [0.15, 0.2) is 95.9 Å². The molecule has 1 aliphatic heterocycles. The molecule has 59 heavy (non-hydrogen) atoms. The van der Waals surface area contributed by atoms with Gasteiger partial charge in [-0.15, -0.1) is 0 Å². The van der Waals surface area contributed by atoms with Gasteiger partial charge in [-0.3, -0.25) is 14.5 Å². The molecule has 0 saturated heterocycles. The van der Waals surface area contributed by atoms with Crippen molar-refractivity contribution in [2.75, 3.05) is 71.9 Å². The average Bonchev–Trinajstić information content (AvgIpc) is 3.17. The topological polar surface area (TPSA) is 121 Å². The van der Waals surface area contributed by atoms with E-state index < -0.39 is 53.9 Å². The normalized spacial score (nSPS) is 15.2. The highest BCUT2D eigenvalue weighted by atomic mass is 19.4. The van der Waals surface area contributed by atoms with Crippen molar-refractivity contribution in [2.45, 2.75) is 38.7 Å². The van der Waals surface area contributed by atoms with Gasteiger partial charge in [0.2, 0.25) is 11.8 Å². The van der Waals surface area contributed by atoms with Gasteiger partial charge in [0.1, 0.15) is 18.9 Å². The summed E-state index contributed by atoms with van der Waals surface area (Å²) < 4.78 is 87.1. The molecule has 0 aromatic heterocycles. The number of alkyl halides is 6. The van der Waals surface area contributed by atoms with Crippen molar-refractivity contribution in [3.05, 3.63) is 124 Å². The zero-order valence-electron chi connectivity index (χ0n) is 33.4. The smallest absolute Gasteiger partial charge is 0.416 e. The standard InChI is InChI=1S/C42H47F6N7O4/c1-6-35(59-22-21-52(3)4)38-28(2)55(34-12-8-11-33(25-34)42(46,47)48)40(58)54(39(38)31-15-13-29(26-49)14-16-31)27-37(57)51-18-20-53(5)19-17-50-36(56)24-30-9-7-10-32(23-30)41(43,44)45/h6-16,23,25,39H,17-22,24,27H2,1-5H3,(H,50,56)(H,51,57)/t39-/m1/s1. The Hall–Kier alpha value is -5.86. The van der Waals surface area contributed by atoms with E-state index in [1.165, 1.54) is 29.2 Å². The minimum Gasteiger partial charge on any atom is -0.492 e. The van der Waals surface area contributed by atoms with E-state index in [1.807, 2.05) is 19.0 Å². The number of urea groups is 1. The number of carbonyl (C=O) groups is 3. The molecule has 2 N–H and O–H groups in total. The molecule has 0 saturated carbocycles. The summed E-state index contributed by atoms with van der Waals surface area (Å²) in [6, 6.07) is 15.6. The molecular weight excluding hydrogens is 780 g/mol. The molecular formula is C42H47F6N7O4. The van der Waals surface area contributed by atoms with E-state index in [1.54, 1.807) is 56.1 Å². The number of anilines is 1. The molecule has 4 rings (SSSR count). The van der Waals surface area contributed by atoms with Crippen LogP contribution in [0.4, 0.5) is 36.8 Å². The maximum absolute atomic E-state index is 14.6. The van der Waals surface area contributed by atoms with Crippen molar-refractivity contribution < 1.29 is 45.5 Å². The lowest BCUT2D eigenvalue weighted by molar-refractivity contribution is -0.138. The molecule has 3 aromatic carbocycles. The first-order valence-electron chi connectivity index (χ1n) is 18.6. The lowest BCUT2D eigenvalue weighted by Crippen LogP contribution is -2.53. The van der Waals surface area contributed by atoms with Gasteiger partial charge in [-0.05, 0) is 88.6 Å². The van der Waals surface area contributed by atoms with Gasteiger partial charge >= 0.3 is 18.4 Å². The summed E-state index contributed by atoms with van der Waals surface area (Å²) in [6.45, 7) is 4.51. The van der Waals surface area contributed by atoms with E-state index in [4.69, 9.17) is 4.74 Å². The predicted octanol–water partition coefficient (Wildman–Crippen LogP) is 6.74. The Labute approximate surface area is 339 Å². The van der Waals surface area contributed by atoms with Crippen molar-refractivity contribution in [1.29, 1.82) is 5.26 Å². The van der Waals surface area contributed by atoms with Gasteiger partial charge in [0.25, 0.3) is 0 Å². The zero-order chi connectivity index (χ0) is 43.5. The fourth-order valence-electron chi connectivity index (χ4n) is 6.40. The van der Waals surface area contributed by atoms with Crippen LogP contribution < -0.4 is 15.5 Å². The van der Waals surface area contributed by atoms with Gasteiger partial charge in [0.05, 0.1) is 40.9 Å². The Morgan fingerprint density at radius 2 is 1.46 bits per heavy atom. The van der Waals surface area contributed by atoms with Gasteiger partial charge in [-0.25, -0.2) is 4.79 Å². The maximum Gasteiger partial charge on any atom is 0.416 e. The quantitative estimate of drug-likeness (QED) is 0.114. The van der Waals surface area contributed by atoms with E-state index >= 15 is 0 Å². The van der Waals surface area contributed by atoms with E-state index in [0.717, 1.165) is 29.2 Å². The molecule has 1 aliphatic rings. The van der Waals surface area contributed by atoms with Crippen molar-refractivity contribution >= 4 is 23.5 Å². The summed E-state index contributed by atoms with van der Waals surface area (Å²) in [7, 11) is 5.46. The number of likely N-dealkylation sites (N-methyl/N-ethyl adjacent to an activating group) is 2. The van der Waals surface area contributed by atoms with Crippen LogP contribution in [0, 0.1) is 11.3 Å². The Kier molecular flexibility index (Phi) is 15.7. The molecule has 17 heteroatoms. The number of nitrogens with one attached hydrogen (secondary N) is 2. The summed E-state index contributed by atoms with van der Waals surface area (Å²) in [4.78, 5) is 46.7. The zero-order valence-corrected chi connectivity index (χ0v) is 33.4. The van der Waals surface area contributed by atoms with Gasteiger partial charge in [0, 0.05) is 44.0 Å². The number of carbonyl (C=O) groups excluding carboxylic acids is 3. The van der Waals surface area contributed by atoms with Gasteiger partial charge in [-0.2, -0.15) is 31.6 Å². The second-order valence-corrected chi connectivity index (χ2v) is 14.1. The molecule has 0 bridgehead atoms. The number of hydrogen-bond acceptors (Lipinski definition) is 7. The van der Waals surface area contributed by atoms with Crippen LogP contribution in [-0.2, 0) is 33.1 Å². The number of amides is 4. The van der Waals surface area contributed by atoms with Gasteiger partial charge < -0.3 is 30.1 Å². The second-order valence-electron chi connectivity index (χ2n) is 14.1. The monoisotopic (exact) mass is 827 g/mol. The molecule has 0 spiro atoms. The summed E-state index contributed by atoms with van der Waals surface area (Å²) in [5.74, 6) is -0.684. The van der Waals surface area contributed by atoms with Crippen LogP contribution in [0.2, 0.25) is 0 Å². The van der Waals surface area contributed by atoms with E-state index in [0.29, 0.717) is 42.1 Å². The molecule has 0 unspecified atom stereocenters. The van der Waals surface area contributed by atoms with Crippen molar-refractivity contribution in [3.8, 4) is 6.07 Å². The Morgan fingerprint density at radius 1 is 0.864 bits per heavy atom. The van der Waals surface area contributed by atoms with Crippen LogP contribution in [0.3, 0.4) is 0 Å². The summed E-state index contributed by atoms with van der Waals surface area (Å²) in [6.07, 6.45) is -7.77. The number of halogens is 6. The molecule has 1 heterocycles. The largest absolute Gasteiger partial charge is 0.492 e. The minimum atomic E-state index is -4.70. The van der Waals surface area contributed by atoms with E-state index in [2.05, 4.69) is 16.7 Å². The summed E-state index contributed by atoms with van der Waals surface area (Å²) >= 11 is 0. The fraction of sp³-hybridized carbons (Fsp3) is 0.381. The molecule has 4 amide bonds. The van der Waals surface area contributed by atoms with Gasteiger partial charge in [-0.1, -0.05) is 36.4 Å². The molecule has 1 atom stereocenters. The number of ether oxygens (including phenoxy) is 1. The van der Waals surface area contributed by atoms with E-state index in [9.17, 15) is 46.0 Å². The maximum atomic E-state index is 14.6. The number of nitriles is 1. The average molecular weight is 828 g/mol. The van der Waals surface area contributed by atoms with Crippen LogP contribution in [0.5, 0.6) is 0 Å². The van der Waals surface area contributed by atoms with Crippen LogP contribution in [0.25, 0.3) is 0 Å². The third-order valence-corrected chi connectivity index (χ3v) is 9.42.